The molecule has 2 aromatic rings. The lowest BCUT2D eigenvalue weighted by Crippen LogP contribution is -2.20. The molecule has 2 rings (SSSR count). The Kier molecular flexibility index (Phi) is 4.40. The maximum absolute atomic E-state index is 11.4. The summed E-state index contributed by atoms with van der Waals surface area (Å²) in [5.74, 6) is -0.312. The zero-order chi connectivity index (χ0) is 13.7. The summed E-state index contributed by atoms with van der Waals surface area (Å²) in [4.78, 5) is 15.4. The fourth-order valence-corrected chi connectivity index (χ4v) is 2.08. The van der Waals surface area contributed by atoms with Crippen LogP contribution in [0.4, 0.5) is 5.13 Å². The summed E-state index contributed by atoms with van der Waals surface area (Å²) in [6.45, 7) is 3.70. The van der Waals surface area contributed by atoms with Crippen molar-refractivity contribution in [1.82, 2.24) is 15.2 Å². The van der Waals surface area contributed by atoms with Crippen LogP contribution in [0.3, 0.4) is 0 Å². The zero-order valence-corrected chi connectivity index (χ0v) is 11.5. The second-order valence-electron chi connectivity index (χ2n) is 4.05. The largest absolute Gasteiger partial charge is 0.462 e. The molecule has 2 aromatic heterocycles. The third kappa shape index (κ3) is 3.99. The molecule has 6 nitrogen and oxygen atoms in total. The van der Waals surface area contributed by atoms with Crippen LogP contribution in [0.25, 0.3) is 10.6 Å². The molecular formula is C12H14N4O2S. The summed E-state index contributed by atoms with van der Waals surface area (Å²) < 4.78 is 5.01. The van der Waals surface area contributed by atoms with E-state index in [2.05, 4.69) is 20.5 Å². The second kappa shape index (κ2) is 6.24. The molecule has 0 unspecified atom stereocenters. The SMILES string of the molecule is CC(C)OC(=O)CNc1nnc(-c2cccnc2)s1. The maximum atomic E-state index is 11.4. The highest BCUT2D eigenvalue weighted by Gasteiger charge is 2.09. The number of anilines is 1. The van der Waals surface area contributed by atoms with E-state index in [0.29, 0.717) is 5.13 Å². The molecule has 7 heteroatoms. The fourth-order valence-electron chi connectivity index (χ4n) is 1.35. The van der Waals surface area contributed by atoms with Crippen LogP contribution in [0, 0.1) is 0 Å². The minimum atomic E-state index is -0.312. The smallest absolute Gasteiger partial charge is 0.325 e. The van der Waals surface area contributed by atoms with Crippen molar-refractivity contribution in [2.24, 2.45) is 0 Å². The molecule has 0 aliphatic rings. The van der Waals surface area contributed by atoms with Gasteiger partial charge < -0.3 is 10.1 Å². The van der Waals surface area contributed by atoms with Crippen molar-refractivity contribution in [3.8, 4) is 10.6 Å². The van der Waals surface area contributed by atoms with Crippen LogP contribution in [0.2, 0.25) is 0 Å². The van der Waals surface area contributed by atoms with Crippen molar-refractivity contribution in [1.29, 1.82) is 0 Å². The van der Waals surface area contributed by atoms with Gasteiger partial charge in [0.25, 0.3) is 0 Å². The van der Waals surface area contributed by atoms with E-state index in [0.717, 1.165) is 10.6 Å². The highest BCUT2D eigenvalue weighted by atomic mass is 32.1. The van der Waals surface area contributed by atoms with Crippen molar-refractivity contribution in [3.05, 3.63) is 24.5 Å². The van der Waals surface area contributed by atoms with Crippen molar-refractivity contribution in [2.75, 3.05) is 11.9 Å². The molecule has 0 amide bonds. The number of pyridine rings is 1. The van der Waals surface area contributed by atoms with Gasteiger partial charge in [0, 0.05) is 18.0 Å². The van der Waals surface area contributed by atoms with Gasteiger partial charge in [0.05, 0.1) is 6.10 Å². The molecule has 0 aromatic carbocycles. The number of rotatable bonds is 5. The van der Waals surface area contributed by atoms with Gasteiger partial charge in [0.15, 0.2) is 5.01 Å². The van der Waals surface area contributed by atoms with Crippen LogP contribution in [-0.2, 0) is 9.53 Å². The molecule has 0 fully saturated rings. The number of esters is 1. The summed E-state index contributed by atoms with van der Waals surface area (Å²) in [6.07, 6.45) is 3.30. The average Bonchev–Trinajstić information content (AvgIpc) is 2.85. The molecule has 0 saturated carbocycles. The number of hydrogen-bond acceptors (Lipinski definition) is 7. The first-order valence-electron chi connectivity index (χ1n) is 5.82. The standard InChI is InChI=1S/C12H14N4O2S/c1-8(2)18-10(17)7-14-12-16-15-11(19-12)9-4-3-5-13-6-9/h3-6,8H,7H2,1-2H3,(H,14,16). The zero-order valence-electron chi connectivity index (χ0n) is 10.7. The van der Waals surface area contributed by atoms with Crippen molar-refractivity contribution < 1.29 is 9.53 Å². The van der Waals surface area contributed by atoms with E-state index in [9.17, 15) is 4.79 Å². The van der Waals surface area contributed by atoms with Crippen LogP contribution in [-0.4, -0.2) is 33.8 Å². The van der Waals surface area contributed by atoms with Crippen LogP contribution in [0.1, 0.15) is 13.8 Å². The van der Waals surface area contributed by atoms with Crippen LogP contribution in [0.15, 0.2) is 24.5 Å². The van der Waals surface area contributed by atoms with E-state index in [1.54, 1.807) is 12.4 Å². The Morgan fingerprint density at radius 1 is 1.47 bits per heavy atom. The highest BCUT2D eigenvalue weighted by Crippen LogP contribution is 2.25. The van der Waals surface area contributed by atoms with E-state index in [1.165, 1.54) is 11.3 Å². The van der Waals surface area contributed by atoms with Crippen LogP contribution >= 0.6 is 11.3 Å². The lowest BCUT2D eigenvalue weighted by molar-refractivity contribution is -0.145. The van der Waals surface area contributed by atoms with Gasteiger partial charge in [-0.05, 0) is 26.0 Å². The number of nitrogens with one attached hydrogen (secondary N) is 1. The molecule has 0 spiro atoms. The number of hydrogen-bond donors (Lipinski definition) is 1. The van der Waals surface area contributed by atoms with Gasteiger partial charge in [0.2, 0.25) is 5.13 Å². The molecule has 1 N–H and O–H groups in total. The van der Waals surface area contributed by atoms with E-state index < -0.39 is 0 Å². The van der Waals surface area contributed by atoms with E-state index in [1.807, 2.05) is 26.0 Å². The minimum absolute atomic E-state index is 0.0832. The molecule has 0 saturated heterocycles. The molecule has 0 aliphatic carbocycles. The van der Waals surface area contributed by atoms with Crippen molar-refractivity contribution in [3.63, 3.8) is 0 Å². The summed E-state index contributed by atoms with van der Waals surface area (Å²) in [6, 6.07) is 3.74. The number of nitrogens with zero attached hydrogens (tertiary/aromatic N) is 3. The number of aromatic nitrogens is 3. The quantitative estimate of drug-likeness (QED) is 0.842. The van der Waals surface area contributed by atoms with Gasteiger partial charge in [-0.3, -0.25) is 9.78 Å². The molecule has 0 radical (unpaired) electrons. The number of carbonyl (C=O) groups is 1. The van der Waals surface area contributed by atoms with Crippen LogP contribution in [0.5, 0.6) is 0 Å². The van der Waals surface area contributed by atoms with Gasteiger partial charge in [-0.1, -0.05) is 11.3 Å². The second-order valence-corrected chi connectivity index (χ2v) is 5.02. The Labute approximate surface area is 114 Å². The Morgan fingerprint density at radius 3 is 3.00 bits per heavy atom. The summed E-state index contributed by atoms with van der Waals surface area (Å²) in [5, 5.41) is 12.2. The van der Waals surface area contributed by atoms with Gasteiger partial charge in [0.1, 0.15) is 6.54 Å². The third-order valence-corrected chi connectivity index (χ3v) is 3.01. The third-order valence-electron chi connectivity index (χ3n) is 2.08. The first kappa shape index (κ1) is 13.4. The van der Waals surface area contributed by atoms with Crippen molar-refractivity contribution in [2.45, 2.75) is 20.0 Å². The Morgan fingerprint density at radius 2 is 2.32 bits per heavy atom. The summed E-state index contributed by atoms with van der Waals surface area (Å²) >= 11 is 1.37. The average molecular weight is 278 g/mol. The Hall–Kier alpha value is -2.02. The molecular weight excluding hydrogens is 264 g/mol. The predicted molar refractivity (Wildman–Crippen MR) is 72.9 cm³/mol. The summed E-state index contributed by atoms with van der Waals surface area (Å²) in [7, 11) is 0. The normalized spacial score (nSPS) is 10.5. The van der Waals surface area contributed by atoms with E-state index >= 15 is 0 Å². The first-order valence-corrected chi connectivity index (χ1v) is 6.64. The predicted octanol–water partition coefficient (Wildman–Crippen LogP) is 1.96. The number of carbonyl (C=O) groups excluding carboxylic acids is 1. The van der Waals surface area contributed by atoms with E-state index in [4.69, 9.17) is 4.74 Å². The molecule has 0 aliphatic heterocycles. The molecule has 0 atom stereocenters. The lowest BCUT2D eigenvalue weighted by atomic mass is 10.3. The highest BCUT2D eigenvalue weighted by molar-refractivity contribution is 7.18. The lowest BCUT2D eigenvalue weighted by Gasteiger charge is -2.07. The summed E-state index contributed by atoms with van der Waals surface area (Å²) in [5.41, 5.74) is 0.901. The number of ether oxygens (including phenoxy) is 1. The maximum Gasteiger partial charge on any atom is 0.325 e. The first-order chi connectivity index (χ1) is 9.15. The van der Waals surface area contributed by atoms with Gasteiger partial charge in [-0.25, -0.2) is 0 Å². The fraction of sp³-hybridized carbons (Fsp3) is 0.333. The van der Waals surface area contributed by atoms with Gasteiger partial charge in [-0.2, -0.15) is 0 Å². The van der Waals surface area contributed by atoms with Gasteiger partial charge >= 0.3 is 5.97 Å². The Bertz CT molecular complexity index is 542. The minimum Gasteiger partial charge on any atom is -0.462 e. The van der Waals surface area contributed by atoms with Crippen molar-refractivity contribution >= 4 is 22.4 Å². The topological polar surface area (TPSA) is 77.0 Å². The van der Waals surface area contributed by atoms with Gasteiger partial charge in [-0.15, -0.1) is 10.2 Å². The molecule has 2 heterocycles. The monoisotopic (exact) mass is 278 g/mol. The molecule has 19 heavy (non-hydrogen) atoms. The van der Waals surface area contributed by atoms with E-state index in [-0.39, 0.29) is 18.6 Å². The Balaban J connectivity index is 1.93. The van der Waals surface area contributed by atoms with Crippen LogP contribution < -0.4 is 5.32 Å². The molecule has 0 bridgehead atoms. The molecule has 100 valence electrons.